The standard InChI is InChI=1S/C25H23N3OS/c1-15-10-12-17(13-11-15)20-18-8-5-9-19(18)28-25-21(20)22(26)23(30-25)24(29)27-14-16-6-3-2-4-7-16/h2-4,6-7,10-13H,5,8-9,14,26H2,1H3,(H,27,29). The molecule has 4 aromatic rings. The molecule has 2 aromatic carbocycles. The van der Waals surface area contributed by atoms with Crippen LogP contribution in [0.4, 0.5) is 5.69 Å². The monoisotopic (exact) mass is 413 g/mol. The summed E-state index contributed by atoms with van der Waals surface area (Å²) in [6.45, 7) is 2.56. The highest BCUT2D eigenvalue weighted by Crippen LogP contribution is 2.44. The number of benzene rings is 2. The van der Waals surface area contributed by atoms with E-state index < -0.39 is 0 Å². The molecule has 3 N–H and O–H groups in total. The number of anilines is 1. The second-order valence-corrected chi connectivity index (χ2v) is 8.82. The number of aromatic nitrogens is 1. The Morgan fingerprint density at radius 3 is 2.63 bits per heavy atom. The van der Waals surface area contributed by atoms with Gasteiger partial charge in [0.05, 0.1) is 5.69 Å². The zero-order valence-corrected chi connectivity index (χ0v) is 17.7. The number of thiophene rings is 1. The maximum absolute atomic E-state index is 12.9. The molecule has 0 atom stereocenters. The van der Waals surface area contributed by atoms with Crippen LogP contribution in [0.3, 0.4) is 0 Å². The Morgan fingerprint density at radius 1 is 1.10 bits per heavy atom. The molecule has 2 aromatic heterocycles. The van der Waals surface area contributed by atoms with Gasteiger partial charge in [0.2, 0.25) is 0 Å². The number of aryl methyl sites for hydroxylation is 2. The lowest BCUT2D eigenvalue weighted by molar-refractivity contribution is 0.0956. The molecule has 5 heteroatoms. The first kappa shape index (κ1) is 18.8. The van der Waals surface area contributed by atoms with Gasteiger partial charge in [-0.25, -0.2) is 4.98 Å². The fourth-order valence-corrected chi connectivity index (χ4v) is 5.25. The van der Waals surface area contributed by atoms with Crippen LogP contribution >= 0.6 is 11.3 Å². The Kier molecular flexibility index (Phi) is 4.75. The van der Waals surface area contributed by atoms with Gasteiger partial charge in [0.1, 0.15) is 9.71 Å². The predicted molar refractivity (Wildman–Crippen MR) is 124 cm³/mol. The number of fused-ring (bicyclic) bond motifs is 2. The maximum Gasteiger partial charge on any atom is 0.263 e. The second-order valence-electron chi connectivity index (χ2n) is 7.82. The van der Waals surface area contributed by atoms with Gasteiger partial charge in [-0.3, -0.25) is 4.79 Å². The van der Waals surface area contributed by atoms with E-state index in [0.717, 1.165) is 51.9 Å². The van der Waals surface area contributed by atoms with Crippen molar-refractivity contribution < 1.29 is 4.79 Å². The van der Waals surface area contributed by atoms with Gasteiger partial charge in [-0.05, 0) is 48.4 Å². The third kappa shape index (κ3) is 3.25. The SMILES string of the molecule is Cc1ccc(-c2c3c(nc4sc(C(=O)NCc5ccccc5)c(N)c24)CCC3)cc1. The number of rotatable bonds is 4. The normalized spacial score (nSPS) is 12.8. The highest BCUT2D eigenvalue weighted by Gasteiger charge is 2.26. The van der Waals surface area contributed by atoms with Crippen LogP contribution in [-0.2, 0) is 19.4 Å². The van der Waals surface area contributed by atoms with Crippen LogP contribution in [0, 0.1) is 6.92 Å². The molecule has 150 valence electrons. The Balaban J connectivity index is 1.59. The zero-order valence-electron chi connectivity index (χ0n) is 16.9. The number of pyridine rings is 1. The fourth-order valence-electron chi connectivity index (χ4n) is 4.21. The highest BCUT2D eigenvalue weighted by atomic mass is 32.1. The molecular formula is C25H23N3OS. The quantitative estimate of drug-likeness (QED) is 0.479. The van der Waals surface area contributed by atoms with Gasteiger partial charge < -0.3 is 11.1 Å². The largest absolute Gasteiger partial charge is 0.397 e. The van der Waals surface area contributed by atoms with Gasteiger partial charge in [0, 0.05) is 17.6 Å². The topological polar surface area (TPSA) is 68.0 Å². The van der Waals surface area contributed by atoms with Crippen LogP contribution in [0.1, 0.15) is 38.5 Å². The Labute approximate surface area is 179 Å². The second kappa shape index (κ2) is 7.58. The zero-order chi connectivity index (χ0) is 20.7. The molecule has 0 radical (unpaired) electrons. The Bertz CT molecular complexity index is 1240. The maximum atomic E-state index is 12.9. The van der Waals surface area contributed by atoms with Gasteiger partial charge in [0.25, 0.3) is 5.91 Å². The van der Waals surface area contributed by atoms with Crippen molar-refractivity contribution in [2.45, 2.75) is 32.7 Å². The molecule has 2 heterocycles. The predicted octanol–water partition coefficient (Wildman–Crippen LogP) is 5.27. The lowest BCUT2D eigenvalue weighted by atomic mass is 9.95. The summed E-state index contributed by atoms with van der Waals surface area (Å²) in [6.07, 6.45) is 3.10. The molecule has 0 fully saturated rings. The highest BCUT2D eigenvalue weighted by molar-refractivity contribution is 7.21. The molecule has 1 aliphatic rings. The van der Waals surface area contributed by atoms with Gasteiger partial charge >= 0.3 is 0 Å². The van der Waals surface area contributed by atoms with Crippen LogP contribution in [0.15, 0.2) is 54.6 Å². The number of nitrogen functional groups attached to an aromatic ring is 1. The van der Waals surface area contributed by atoms with Gasteiger partial charge in [-0.15, -0.1) is 11.3 Å². The molecule has 4 nitrogen and oxygen atoms in total. The molecule has 0 unspecified atom stereocenters. The van der Waals surface area contributed by atoms with Crippen LogP contribution in [0.25, 0.3) is 21.3 Å². The molecule has 0 bridgehead atoms. The third-order valence-electron chi connectivity index (χ3n) is 5.75. The summed E-state index contributed by atoms with van der Waals surface area (Å²) in [5.74, 6) is -0.144. The molecule has 30 heavy (non-hydrogen) atoms. The van der Waals surface area contributed by atoms with E-state index in [0.29, 0.717) is 17.1 Å². The number of nitrogens with zero attached hydrogens (tertiary/aromatic N) is 1. The first-order valence-electron chi connectivity index (χ1n) is 10.2. The Hall–Kier alpha value is -3.18. The van der Waals surface area contributed by atoms with Crippen molar-refractivity contribution in [3.8, 4) is 11.1 Å². The van der Waals surface area contributed by atoms with Crippen molar-refractivity contribution in [1.29, 1.82) is 0 Å². The van der Waals surface area contributed by atoms with Crippen molar-refractivity contribution >= 4 is 33.1 Å². The van der Waals surface area contributed by atoms with Gasteiger partial charge in [-0.1, -0.05) is 60.2 Å². The lowest BCUT2D eigenvalue weighted by Crippen LogP contribution is -2.22. The fraction of sp³-hybridized carbons (Fsp3) is 0.200. The molecule has 0 aliphatic heterocycles. The van der Waals surface area contributed by atoms with E-state index in [1.54, 1.807) is 0 Å². The van der Waals surface area contributed by atoms with E-state index in [4.69, 9.17) is 10.7 Å². The first-order chi connectivity index (χ1) is 14.6. The van der Waals surface area contributed by atoms with E-state index >= 15 is 0 Å². The minimum Gasteiger partial charge on any atom is -0.397 e. The van der Waals surface area contributed by atoms with Gasteiger partial charge in [0.15, 0.2) is 0 Å². The Morgan fingerprint density at radius 2 is 1.87 bits per heavy atom. The number of amides is 1. The smallest absolute Gasteiger partial charge is 0.263 e. The number of nitrogens with one attached hydrogen (secondary N) is 1. The number of hydrogen-bond acceptors (Lipinski definition) is 4. The summed E-state index contributed by atoms with van der Waals surface area (Å²) in [6, 6.07) is 18.4. The lowest BCUT2D eigenvalue weighted by Gasteiger charge is -2.12. The van der Waals surface area contributed by atoms with Crippen LogP contribution < -0.4 is 11.1 Å². The molecule has 1 amide bonds. The summed E-state index contributed by atoms with van der Waals surface area (Å²) < 4.78 is 0. The minimum atomic E-state index is -0.144. The summed E-state index contributed by atoms with van der Waals surface area (Å²) in [4.78, 5) is 19.2. The summed E-state index contributed by atoms with van der Waals surface area (Å²) >= 11 is 1.40. The van der Waals surface area contributed by atoms with Crippen LogP contribution in [-0.4, -0.2) is 10.9 Å². The summed E-state index contributed by atoms with van der Waals surface area (Å²) in [5, 5.41) is 3.93. The average molecular weight is 414 g/mol. The molecule has 1 aliphatic carbocycles. The van der Waals surface area contributed by atoms with Crippen molar-refractivity contribution in [3.05, 3.63) is 81.9 Å². The van der Waals surface area contributed by atoms with E-state index in [9.17, 15) is 4.79 Å². The molecule has 5 rings (SSSR count). The number of carbonyl (C=O) groups is 1. The van der Waals surface area contributed by atoms with Crippen LogP contribution in [0.5, 0.6) is 0 Å². The number of hydrogen-bond donors (Lipinski definition) is 2. The van der Waals surface area contributed by atoms with Crippen molar-refractivity contribution in [2.24, 2.45) is 0 Å². The van der Waals surface area contributed by atoms with Crippen molar-refractivity contribution in [2.75, 3.05) is 5.73 Å². The number of nitrogens with two attached hydrogens (primary N) is 1. The summed E-state index contributed by atoms with van der Waals surface area (Å²) in [7, 11) is 0. The van der Waals surface area contributed by atoms with E-state index in [-0.39, 0.29) is 5.91 Å². The van der Waals surface area contributed by atoms with E-state index in [2.05, 4.69) is 36.5 Å². The van der Waals surface area contributed by atoms with E-state index in [1.165, 1.54) is 22.5 Å². The first-order valence-corrected chi connectivity index (χ1v) is 11.1. The average Bonchev–Trinajstić information content (AvgIpc) is 3.36. The minimum absolute atomic E-state index is 0.144. The summed E-state index contributed by atoms with van der Waals surface area (Å²) in [5.41, 5.74) is 14.1. The molecular weight excluding hydrogens is 390 g/mol. The number of carbonyl (C=O) groups excluding carboxylic acids is 1. The van der Waals surface area contributed by atoms with Crippen molar-refractivity contribution in [3.63, 3.8) is 0 Å². The third-order valence-corrected chi connectivity index (χ3v) is 6.84. The van der Waals surface area contributed by atoms with E-state index in [1.807, 2.05) is 30.3 Å². The van der Waals surface area contributed by atoms with Crippen molar-refractivity contribution in [1.82, 2.24) is 10.3 Å². The molecule has 0 spiro atoms. The molecule has 0 saturated heterocycles. The molecule has 0 saturated carbocycles. The van der Waals surface area contributed by atoms with Crippen LogP contribution in [0.2, 0.25) is 0 Å². The van der Waals surface area contributed by atoms with Gasteiger partial charge in [-0.2, -0.15) is 0 Å².